The number of hydrogen-bond acceptors (Lipinski definition) is 3. The lowest BCUT2D eigenvalue weighted by Gasteiger charge is -2.15. The predicted octanol–water partition coefficient (Wildman–Crippen LogP) is 14.6. The molecule has 0 atom stereocenters. The van der Waals surface area contributed by atoms with Crippen LogP contribution in [0.15, 0.2) is 231 Å². The van der Waals surface area contributed by atoms with Crippen molar-refractivity contribution in [3.05, 3.63) is 231 Å². The zero-order chi connectivity index (χ0) is 40.5. The number of benzene rings is 8. The largest absolute Gasteiger partial charge is 0.231 e. The van der Waals surface area contributed by atoms with E-state index in [1.807, 2.05) is 36.4 Å². The Hall–Kier alpha value is -8.21. The summed E-state index contributed by atoms with van der Waals surface area (Å²) in [5.41, 5.74) is 16.9. The van der Waals surface area contributed by atoms with E-state index in [0.29, 0.717) is 5.82 Å². The zero-order valence-corrected chi connectivity index (χ0v) is 33.2. The fourth-order valence-electron chi connectivity index (χ4n) is 8.49. The topological polar surface area (TPSA) is 43.1 Å². The number of pyridine rings is 1. The Morgan fingerprint density at radius 1 is 0.328 bits per heavy atom. The number of hydrogen-bond donors (Lipinski definition) is 0. The maximum absolute atomic E-state index is 5.47. The number of rotatable bonds is 8. The summed E-state index contributed by atoms with van der Waals surface area (Å²) < 4.78 is 2.17. The molecule has 11 aromatic rings. The first kappa shape index (κ1) is 35.9. The molecule has 286 valence electrons. The first-order valence-electron chi connectivity index (χ1n) is 20.6. The minimum absolute atomic E-state index is 0.707. The summed E-state index contributed by atoms with van der Waals surface area (Å²) in [6.07, 6.45) is 0. The van der Waals surface area contributed by atoms with E-state index in [4.69, 9.17) is 15.1 Å². The average Bonchev–Trinajstić information content (AvgIpc) is 3.76. The first-order valence-corrected chi connectivity index (χ1v) is 20.6. The van der Waals surface area contributed by atoms with Gasteiger partial charge in [-0.1, -0.05) is 212 Å². The molecule has 0 bridgehead atoms. The van der Waals surface area contributed by atoms with E-state index >= 15 is 0 Å². The number of fused-ring (bicyclic) bond motifs is 3. The van der Waals surface area contributed by atoms with Gasteiger partial charge < -0.3 is 0 Å². The standard InChI is InChI=1S/C57H38N4/c1-6-18-40(19-7-1)50-38-51(59-57(58-50)45-26-14-5-15-27-45)41-34-32-39(33-35-41)46-28-16-29-47(36-46)49-31-17-30-48-37-52(42-20-8-2-9-21-42)61-56(53(48)49)54(43-22-10-3-11-23-43)55(60-61)44-24-12-4-13-25-44/h1-38H. The summed E-state index contributed by atoms with van der Waals surface area (Å²) in [7, 11) is 0. The van der Waals surface area contributed by atoms with Crippen molar-refractivity contribution in [2.75, 3.05) is 0 Å². The van der Waals surface area contributed by atoms with Crippen LogP contribution in [0.2, 0.25) is 0 Å². The van der Waals surface area contributed by atoms with Crippen molar-refractivity contribution in [3.8, 4) is 89.8 Å². The van der Waals surface area contributed by atoms with Gasteiger partial charge in [0.05, 0.1) is 22.6 Å². The third kappa shape index (κ3) is 6.76. The lowest BCUT2D eigenvalue weighted by Crippen LogP contribution is -1.97. The van der Waals surface area contributed by atoms with Crippen LogP contribution >= 0.6 is 0 Å². The molecule has 11 rings (SSSR count). The maximum Gasteiger partial charge on any atom is 0.160 e. The summed E-state index contributed by atoms with van der Waals surface area (Å²) >= 11 is 0. The van der Waals surface area contributed by atoms with Gasteiger partial charge in [-0.25, -0.2) is 14.5 Å². The number of nitrogens with zero attached hydrogens (tertiary/aromatic N) is 4. The Balaban J connectivity index is 1.06. The molecule has 0 saturated carbocycles. The molecule has 0 N–H and O–H groups in total. The molecule has 0 unspecified atom stereocenters. The van der Waals surface area contributed by atoms with Crippen LogP contribution in [-0.4, -0.2) is 19.6 Å². The molecule has 0 saturated heterocycles. The van der Waals surface area contributed by atoms with Crippen molar-refractivity contribution in [1.29, 1.82) is 0 Å². The molecule has 0 aliphatic rings. The molecule has 0 radical (unpaired) electrons. The third-order valence-electron chi connectivity index (χ3n) is 11.4. The SMILES string of the molecule is c1ccc(-c2cc(-c3ccc(-c4cccc(-c5cccc6cc(-c7ccccc7)n7nc(-c8ccccc8)c(-c8ccccc8)c7c56)c4)cc3)nc(-c3ccccc3)n2)cc1. The predicted molar refractivity (Wildman–Crippen MR) is 252 cm³/mol. The van der Waals surface area contributed by atoms with Gasteiger partial charge in [0.2, 0.25) is 0 Å². The van der Waals surface area contributed by atoms with Gasteiger partial charge in [-0.15, -0.1) is 0 Å². The second-order valence-corrected chi connectivity index (χ2v) is 15.2. The molecule has 0 amide bonds. The summed E-state index contributed by atoms with van der Waals surface area (Å²) in [6, 6.07) is 81.0. The fourth-order valence-corrected chi connectivity index (χ4v) is 8.49. The summed E-state index contributed by atoms with van der Waals surface area (Å²) in [4.78, 5) is 10.1. The van der Waals surface area contributed by atoms with Crippen molar-refractivity contribution in [3.63, 3.8) is 0 Å². The van der Waals surface area contributed by atoms with Crippen molar-refractivity contribution in [2.24, 2.45) is 0 Å². The lowest BCUT2D eigenvalue weighted by molar-refractivity contribution is 0.980. The van der Waals surface area contributed by atoms with Gasteiger partial charge >= 0.3 is 0 Å². The molecular weight excluding hydrogens is 741 g/mol. The van der Waals surface area contributed by atoms with Gasteiger partial charge in [0.15, 0.2) is 5.82 Å². The van der Waals surface area contributed by atoms with Crippen LogP contribution in [0, 0.1) is 0 Å². The second-order valence-electron chi connectivity index (χ2n) is 15.2. The molecular formula is C57H38N4. The fraction of sp³-hybridized carbons (Fsp3) is 0. The van der Waals surface area contributed by atoms with Gasteiger partial charge in [0, 0.05) is 38.8 Å². The molecule has 4 nitrogen and oxygen atoms in total. The minimum Gasteiger partial charge on any atom is -0.231 e. The zero-order valence-electron chi connectivity index (χ0n) is 33.2. The van der Waals surface area contributed by atoms with Crippen LogP contribution in [-0.2, 0) is 0 Å². The Kier molecular flexibility index (Phi) is 9.14. The molecule has 3 heterocycles. The van der Waals surface area contributed by atoms with Crippen LogP contribution in [0.5, 0.6) is 0 Å². The van der Waals surface area contributed by atoms with E-state index in [1.165, 1.54) is 0 Å². The van der Waals surface area contributed by atoms with Gasteiger partial charge in [-0.3, -0.25) is 0 Å². The number of aromatic nitrogens is 4. The minimum atomic E-state index is 0.707. The van der Waals surface area contributed by atoms with E-state index in [2.05, 4.69) is 199 Å². The van der Waals surface area contributed by atoms with Gasteiger partial charge in [-0.2, -0.15) is 5.10 Å². The summed E-state index contributed by atoms with van der Waals surface area (Å²) in [6.45, 7) is 0. The first-order chi connectivity index (χ1) is 30.2. The maximum atomic E-state index is 5.47. The van der Waals surface area contributed by atoms with Gasteiger partial charge in [0.1, 0.15) is 5.69 Å². The van der Waals surface area contributed by atoms with E-state index in [9.17, 15) is 0 Å². The lowest BCUT2D eigenvalue weighted by atomic mass is 9.91. The highest BCUT2D eigenvalue weighted by atomic mass is 15.2. The van der Waals surface area contributed by atoms with Gasteiger partial charge in [-0.05, 0) is 51.4 Å². The molecule has 0 aliphatic heterocycles. The Morgan fingerprint density at radius 3 is 1.46 bits per heavy atom. The van der Waals surface area contributed by atoms with Crippen molar-refractivity contribution in [1.82, 2.24) is 19.6 Å². The van der Waals surface area contributed by atoms with Crippen LogP contribution in [0.3, 0.4) is 0 Å². The van der Waals surface area contributed by atoms with Gasteiger partial charge in [0.25, 0.3) is 0 Å². The normalized spacial score (nSPS) is 11.3. The summed E-state index contributed by atoms with van der Waals surface area (Å²) in [5.74, 6) is 0.707. The molecule has 3 aromatic heterocycles. The van der Waals surface area contributed by atoms with Crippen LogP contribution in [0.25, 0.3) is 106 Å². The van der Waals surface area contributed by atoms with E-state index in [1.54, 1.807) is 0 Å². The van der Waals surface area contributed by atoms with E-state index < -0.39 is 0 Å². The third-order valence-corrected chi connectivity index (χ3v) is 11.4. The van der Waals surface area contributed by atoms with E-state index in [0.717, 1.165) is 100 Å². The smallest absolute Gasteiger partial charge is 0.160 e. The molecule has 4 heteroatoms. The monoisotopic (exact) mass is 778 g/mol. The Labute approximate surface area is 354 Å². The molecule has 0 spiro atoms. The highest BCUT2D eigenvalue weighted by Gasteiger charge is 2.23. The van der Waals surface area contributed by atoms with Crippen molar-refractivity contribution >= 4 is 16.3 Å². The average molecular weight is 779 g/mol. The summed E-state index contributed by atoms with van der Waals surface area (Å²) in [5, 5.41) is 7.79. The quantitative estimate of drug-likeness (QED) is 0.154. The second kappa shape index (κ2) is 15.5. The van der Waals surface area contributed by atoms with Crippen LogP contribution in [0.4, 0.5) is 0 Å². The van der Waals surface area contributed by atoms with Crippen molar-refractivity contribution < 1.29 is 0 Å². The molecule has 0 aliphatic carbocycles. The van der Waals surface area contributed by atoms with Crippen LogP contribution < -0.4 is 0 Å². The van der Waals surface area contributed by atoms with E-state index in [-0.39, 0.29) is 0 Å². The Morgan fingerprint density at radius 2 is 0.820 bits per heavy atom. The Bertz CT molecular complexity index is 3250. The molecule has 61 heavy (non-hydrogen) atoms. The van der Waals surface area contributed by atoms with Crippen molar-refractivity contribution in [2.45, 2.75) is 0 Å². The van der Waals surface area contributed by atoms with Crippen LogP contribution in [0.1, 0.15) is 0 Å². The highest BCUT2D eigenvalue weighted by molar-refractivity contribution is 6.14. The molecule has 0 fully saturated rings. The molecule has 8 aromatic carbocycles. The highest BCUT2D eigenvalue weighted by Crippen LogP contribution is 2.44.